The largest absolute Gasteiger partial charge is 0.484 e. The molecular formula is C26H27FN4O3. The Hall–Kier alpha value is -3.67. The highest BCUT2D eigenvalue weighted by molar-refractivity contribution is 5.91. The Labute approximate surface area is 198 Å². The predicted molar refractivity (Wildman–Crippen MR) is 124 cm³/mol. The number of hydrogen-bond donors (Lipinski definition) is 2. The Bertz CT molecular complexity index is 1170. The van der Waals surface area contributed by atoms with Crippen LogP contribution in [0.1, 0.15) is 52.7 Å². The summed E-state index contributed by atoms with van der Waals surface area (Å²) in [4.78, 5) is 14.4. The van der Waals surface area contributed by atoms with Crippen molar-refractivity contribution in [3.63, 3.8) is 0 Å². The van der Waals surface area contributed by atoms with Gasteiger partial charge in [0.1, 0.15) is 30.0 Å². The van der Waals surface area contributed by atoms with Gasteiger partial charge in [-0.05, 0) is 61.2 Å². The van der Waals surface area contributed by atoms with Crippen LogP contribution < -0.4 is 15.6 Å². The summed E-state index contributed by atoms with van der Waals surface area (Å²) in [7, 11) is 1.75. The van der Waals surface area contributed by atoms with Crippen molar-refractivity contribution in [1.29, 1.82) is 5.26 Å². The molecule has 1 fully saturated rings. The number of benzene rings is 2. The SMILES string of the molecule is CN(CCCC1CC(c2cccc(F)c2)NN1)C(=O)c1ccc(COc2ccccc2C#N)o1. The summed E-state index contributed by atoms with van der Waals surface area (Å²) in [6, 6.07) is 19.3. The molecule has 0 radical (unpaired) electrons. The van der Waals surface area contributed by atoms with Gasteiger partial charge in [0.25, 0.3) is 5.91 Å². The van der Waals surface area contributed by atoms with Crippen LogP contribution in [0, 0.1) is 17.1 Å². The van der Waals surface area contributed by atoms with Crippen molar-refractivity contribution in [1.82, 2.24) is 15.8 Å². The van der Waals surface area contributed by atoms with Crippen LogP contribution in [0.15, 0.2) is 65.1 Å². The predicted octanol–water partition coefficient (Wildman–Crippen LogP) is 4.33. The van der Waals surface area contributed by atoms with Crippen molar-refractivity contribution in [3.05, 3.63) is 89.1 Å². The van der Waals surface area contributed by atoms with Crippen LogP contribution in [-0.4, -0.2) is 30.4 Å². The number of furan rings is 1. The van der Waals surface area contributed by atoms with Crippen LogP contribution in [0.5, 0.6) is 5.75 Å². The summed E-state index contributed by atoms with van der Waals surface area (Å²) < 4.78 is 24.8. The number of carbonyl (C=O) groups excluding carboxylic acids is 1. The molecular weight excluding hydrogens is 435 g/mol. The number of amides is 1. The minimum absolute atomic E-state index is 0.0731. The fraction of sp³-hybridized carbons (Fsp3) is 0.308. The summed E-state index contributed by atoms with van der Waals surface area (Å²) in [5.74, 6) is 0.804. The minimum atomic E-state index is -0.234. The molecule has 0 bridgehead atoms. The molecule has 0 saturated carbocycles. The van der Waals surface area contributed by atoms with Crippen molar-refractivity contribution >= 4 is 5.91 Å². The molecule has 176 valence electrons. The molecule has 1 amide bonds. The molecule has 1 aliphatic rings. The standard InChI is InChI=1S/C26H27FN4O3/c1-31(13-5-9-21-15-23(30-29-21)18-7-4-8-20(27)14-18)26(32)25-12-11-22(34-25)17-33-24-10-3-2-6-19(24)16-28/h2-4,6-8,10-12,14,21,23,29-30H,5,9,13,15,17H2,1H3. The van der Waals surface area contributed by atoms with Gasteiger partial charge in [0.05, 0.1) is 5.56 Å². The monoisotopic (exact) mass is 462 g/mol. The lowest BCUT2D eigenvalue weighted by molar-refractivity contribution is 0.0756. The van der Waals surface area contributed by atoms with E-state index >= 15 is 0 Å². The van der Waals surface area contributed by atoms with Crippen molar-refractivity contribution in [2.75, 3.05) is 13.6 Å². The molecule has 2 atom stereocenters. The molecule has 2 aromatic carbocycles. The molecule has 3 aromatic rings. The fourth-order valence-electron chi connectivity index (χ4n) is 4.02. The number of halogens is 1. The van der Waals surface area contributed by atoms with Gasteiger partial charge in [-0.15, -0.1) is 0 Å². The third-order valence-corrected chi connectivity index (χ3v) is 5.88. The Morgan fingerprint density at radius 2 is 2.06 bits per heavy atom. The third kappa shape index (κ3) is 5.81. The first kappa shape index (κ1) is 23.5. The van der Waals surface area contributed by atoms with Crippen LogP contribution in [0.2, 0.25) is 0 Å². The highest BCUT2D eigenvalue weighted by Crippen LogP contribution is 2.25. The average molecular weight is 463 g/mol. The van der Waals surface area contributed by atoms with E-state index in [2.05, 4.69) is 16.9 Å². The molecule has 1 aromatic heterocycles. The van der Waals surface area contributed by atoms with Gasteiger partial charge in [0, 0.05) is 25.7 Å². The van der Waals surface area contributed by atoms with E-state index in [1.165, 1.54) is 6.07 Å². The summed E-state index contributed by atoms with van der Waals surface area (Å²) in [6.45, 7) is 0.715. The van der Waals surface area contributed by atoms with E-state index in [-0.39, 0.29) is 36.2 Å². The summed E-state index contributed by atoms with van der Waals surface area (Å²) in [5, 5.41) is 9.14. The zero-order chi connectivity index (χ0) is 23.9. The molecule has 4 rings (SSSR count). The van der Waals surface area contributed by atoms with Crippen LogP contribution >= 0.6 is 0 Å². The van der Waals surface area contributed by atoms with Crippen molar-refractivity contribution in [3.8, 4) is 11.8 Å². The second kappa shape index (κ2) is 11.0. The topological polar surface area (TPSA) is 90.5 Å². The highest BCUT2D eigenvalue weighted by atomic mass is 19.1. The summed E-state index contributed by atoms with van der Waals surface area (Å²) in [6.07, 6.45) is 2.56. The maximum absolute atomic E-state index is 13.5. The van der Waals surface area contributed by atoms with Crippen LogP contribution in [0.3, 0.4) is 0 Å². The van der Waals surface area contributed by atoms with E-state index in [0.717, 1.165) is 24.8 Å². The number of rotatable bonds is 9. The number of carbonyl (C=O) groups is 1. The number of ether oxygens (including phenoxy) is 1. The molecule has 1 saturated heterocycles. The van der Waals surface area contributed by atoms with Crippen molar-refractivity contribution < 1.29 is 18.3 Å². The second-order valence-corrected chi connectivity index (χ2v) is 8.36. The van der Waals surface area contributed by atoms with E-state index in [1.807, 2.05) is 6.07 Å². The fourth-order valence-corrected chi connectivity index (χ4v) is 4.02. The van der Waals surface area contributed by atoms with Gasteiger partial charge < -0.3 is 14.1 Å². The molecule has 34 heavy (non-hydrogen) atoms. The van der Waals surface area contributed by atoms with Gasteiger partial charge in [-0.3, -0.25) is 15.6 Å². The van der Waals surface area contributed by atoms with Gasteiger partial charge in [0.15, 0.2) is 5.76 Å². The lowest BCUT2D eigenvalue weighted by atomic mass is 9.99. The number of hydrazine groups is 1. The first-order valence-electron chi connectivity index (χ1n) is 11.3. The van der Waals surface area contributed by atoms with E-state index in [4.69, 9.17) is 14.4 Å². The lowest BCUT2D eigenvalue weighted by Gasteiger charge is -2.17. The maximum Gasteiger partial charge on any atom is 0.289 e. The van der Waals surface area contributed by atoms with Crippen LogP contribution in [0.25, 0.3) is 0 Å². The van der Waals surface area contributed by atoms with E-state index < -0.39 is 0 Å². The Balaban J connectivity index is 1.21. The quantitative estimate of drug-likeness (QED) is 0.492. The molecule has 2 heterocycles. The van der Waals surface area contributed by atoms with Gasteiger partial charge in [0.2, 0.25) is 0 Å². The second-order valence-electron chi connectivity index (χ2n) is 8.36. The third-order valence-electron chi connectivity index (χ3n) is 5.88. The Kier molecular flexibility index (Phi) is 7.58. The molecule has 2 unspecified atom stereocenters. The van der Waals surface area contributed by atoms with E-state index in [1.54, 1.807) is 60.5 Å². The number of nitriles is 1. The number of nitrogens with zero attached hydrogens (tertiary/aromatic N) is 2. The molecule has 0 spiro atoms. The number of hydrogen-bond acceptors (Lipinski definition) is 6. The lowest BCUT2D eigenvalue weighted by Crippen LogP contribution is -2.32. The Morgan fingerprint density at radius 3 is 2.88 bits per heavy atom. The summed E-state index contributed by atoms with van der Waals surface area (Å²) in [5.41, 5.74) is 7.87. The van der Waals surface area contributed by atoms with Crippen LogP contribution in [-0.2, 0) is 6.61 Å². The zero-order valence-corrected chi connectivity index (χ0v) is 19.0. The number of para-hydroxylation sites is 1. The summed E-state index contributed by atoms with van der Waals surface area (Å²) >= 11 is 0. The minimum Gasteiger partial charge on any atom is -0.484 e. The van der Waals surface area contributed by atoms with Crippen molar-refractivity contribution in [2.24, 2.45) is 0 Å². The first-order chi connectivity index (χ1) is 16.5. The maximum atomic E-state index is 13.5. The van der Waals surface area contributed by atoms with Gasteiger partial charge >= 0.3 is 0 Å². The highest BCUT2D eigenvalue weighted by Gasteiger charge is 2.25. The molecule has 7 nitrogen and oxygen atoms in total. The average Bonchev–Trinajstić information content (AvgIpc) is 3.52. The van der Waals surface area contributed by atoms with E-state index in [0.29, 0.717) is 23.6 Å². The van der Waals surface area contributed by atoms with Gasteiger partial charge in [-0.2, -0.15) is 5.26 Å². The molecule has 8 heteroatoms. The van der Waals surface area contributed by atoms with Gasteiger partial charge in [-0.25, -0.2) is 4.39 Å². The van der Waals surface area contributed by atoms with E-state index in [9.17, 15) is 9.18 Å². The van der Waals surface area contributed by atoms with Gasteiger partial charge in [-0.1, -0.05) is 24.3 Å². The smallest absolute Gasteiger partial charge is 0.289 e. The molecule has 0 aliphatic carbocycles. The molecule has 1 aliphatic heterocycles. The van der Waals surface area contributed by atoms with Crippen LogP contribution in [0.4, 0.5) is 4.39 Å². The normalized spacial score (nSPS) is 17.3. The number of nitrogens with one attached hydrogen (secondary N) is 2. The Morgan fingerprint density at radius 1 is 1.21 bits per heavy atom. The molecule has 2 N–H and O–H groups in total. The first-order valence-corrected chi connectivity index (χ1v) is 11.3. The van der Waals surface area contributed by atoms with Crippen molar-refractivity contribution in [2.45, 2.75) is 38.0 Å². The zero-order valence-electron chi connectivity index (χ0n) is 19.0.